The quantitative estimate of drug-likeness (QED) is 0.644. The summed E-state index contributed by atoms with van der Waals surface area (Å²) in [5.74, 6) is 0.643. The molecule has 1 saturated heterocycles. The molecule has 0 aromatic heterocycles. The standard InChI is InChI=1S/C21H35N3O2S2/c1-5-7-8-19(6-2)16-22-21(27)23-11-13-24(14-12-23)28(25,26)20-10-9-17(3)15-18(20)4/h9-10,15,19H,5-8,11-14,16H2,1-4H3,(H,22,27)/t19-/m1/s1. The molecule has 5 nitrogen and oxygen atoms in total. The topological polar surface area (TPSA) is 52.6 Å². The zero-order chi connectivity index (χ0) is 20.7. The number of thiocarbonyl (C=S) groups is 1. The zero-order valence-corrected chi connectivity index (χ0v) is 19.3. The van der Waals surface area contributed by atoms with Crippen molar-refractivity contribution in [3.63, 3.8) is 0 Å². The van der Waals surface area contributed by atoms with Gasteiger partial charge in [0.1, 0.15) is 0 Å². The second-order valence-corrected chi connectivity index (χ2v) is 10.1. The third-order valence-electron chi connectivity index (χ3n) is 5.56. The Morgan fingerprint density at radius 3 is 2.43 bits per heavy atom. The van der Waals surface area contributed by atoms with Crippen LogP contribution in [0, 0.1) is 19.8 Å². The highest BCUT2D eigenvalue weighted by molar-refractivity contribution is 7.89. The summed E-state index contributed by atoms with van der Waals surface area (Å²) in [6, 6.07) is 5.50. The average Bonchev–Trinajstić information content (AvgIpc) is 2.67. The van der Waals surface area contributed by atoms with E-state index in [9.17, 15) is 8.42 Å². The van der Waals surface area contributed by atoms with Crippen LogP contribution < -0.4 is 5.32 Å². The number of nitrogens with zero attached hydrogens (tertiary/aromatic N) is 2. The Bertz CT molecular complexity index is 757. The molecule has 0 amide bonds. The van der Waals surface area contributed by atoms with E-state index in [1.807, 2.05) is 26.0 Å². The molecule has 0 unspecified atom stereocenters. The summed E-state index contributed by atoms with van der Waals surface area (Å²) in [4.78, 5) is 2.50. The molecule has 1 aliphatic heterocycles. The lowest BCUT2D eigenvalue weighted by molar-refractivity contribution is 0.262. The van der Waals surface area contributed by atoms with E-state index < -0.39 is 10.0 Å². The molecule has 7 heteroatoms. The number of nitrogens with one attached hydrogen (secondary N) is 1. The van der Waals surface area contributed by atoms with E-state index in [1.165, 1.54) is 19.3 Å². The minimum Gasteiger partial charge on any atom is -0.362 e. The fraction of sp³-hybridized carbons (Fsp3) is 0.667. The van der Waals surface area contributed by atoms with Gasteiger partial charge in [-0.15, -0.1) is 0 Å². The number of aryl methyl sites for hydroxylation is 2. The van der Waals surface area contributed by atoms with Gasteiger partial charge < -0.3 is 10.2 Å². The SMILES string of the molecule is CCCC[C@@H](CC)CNC(=S)N1CCN(S(=O)(=O)c2ccc(C)cc2C)CC1. The number of benzene rings is 1. The van der Waals surface area contributed by atoms with Gasteiger partial charge in [-0.25, -0.2) is 8.42 Å². The first-order valence-electron chi connectivity index (χ1n) is 10.4. The maximum atomic E-state index is 13.0. The summed E-state index contributed by atoms with van der Waals surface area (Å²) in [7, 11) is -3.46. The summed E-state index contributed by atoms with van der Waals surface area (Å²) in [5.41, 5.74) is 1.87. The lowest BCUT2D eigenvalue weighted by Crippen LogP contribution is -2.53. The molecular formula is C21H35N3O2S2. The van der Waals surface area contributed by atoms with Crippen LogP contribution in [0.1, 0.15) is 50.7 Å². The Morgan fingerprint density at radius 1 is 1.18 bits per heavy atom. The van der Waals surface area contributed by atoms with E-state index >= 15 is 0 Å². The summed E-state index contributed by atoms with van der Waals surface area (Å²) in [6.07, 6.45) is 4.85. The molecule has 1 atom stereocenters. The zero-order valence-electron chi connectivity index (χ0n) is 17.7. The summed E-state index contributed by atoms with van der Waals surface area (Å²) in [6.45, 7) is 11.4. The van der Waals surface area contributed by atoms with E-state index in [-0.39, 0.29) is 0 Å². The van der Waals surface area contributed by atoms with Crippen LogP contribution in [-0.4, -0.2) is 55.5 Å². The first-order chi connectivity index (χ1) is 13.3. The Balaban J connectivity index is 1.90. The van der Waals surface area contributed by atoms with Crippen LogP contribution in [0.3, 0.4) is 0 Å². The second-order valence-electron chi connectivity index (χ2n) is 7.76. The van der Waals surface area contributed by atoms with E-state index in [0.717, 1.165) is 29.2 Å². The van der Waals surface area contributed by atoms with Gasteiger partial charge in [0.15, 0.2) is 5.11 Å². The predicted octanol–water partition coefficient (Wildman–Crippen LogP) is 3.70. The van der Waals surface area contributed by atoms with Gasteiger partial charge in [-0.05, 0) is 50.0 Å². The molecule has 1 aromatic rings. The lowest BCUT2D eigenvalue weighted by atomic mass is 9.99. The van der Waals surface area contributed by atoms with Gasteiger partial charge in [-0.2, -0.15) is 4.31 Å². The fourth-order valence-electron chi connectivity index (χ4n) is 3.65. The molecule has 1 N–H and O–H groups in total. The predicted molar refractivity (Wildman–Crippen MR) is 120 cm³/mol. The van der Waals surface area contributed by atoms with E-state index in [1.54, 1.807) is 10.4 Å². The number of sulfonamides is 1. The van der Waals surface area contributed by atoms with Crippen LogP contribution in [0.4, 0.5) is 0 Å². The van der Waals surface area contributed by atoms with E-state index in [4.69, 9.17) is 12.2 Å². The molecule has 0 saturated carbocycles. The molecule has 1 fully saturated rings. The second kappa shape index (κ2) is 10.6. The molecule has 0 radical (unpaired) electrons. The molecule has 1 aromatic carbocycles. The van der Waals surface area contributed by atoms with Crippen molar-refractivity contribution in [2.24, 2.45) is 5.92 Å². The van der Waals surface area contributed by atoms with Gasteiger partial charge in [-0.3, -0.25) is 0 Å². The highest BCUT2D eigenvalue weighted by Crippen LogP contribution is 2.22. The molecule has 158 valence electrons. The van der Waals surface area contributed by atoms with Crippen LogP contribution in [0.15, 0.2) is 23.1 Å². The van der Waals surface area contributed by atoms with Crippen molar-refractivity contribution in [3.05, 3.63) is 29.3 Å². The van der Waals surface area contributed by atoms with Crippen molar-refractivity contribution in [2.75, 3.05) is 32.7 Å². The highest BCUT2D eigenvalue weighted by Gasteiger charge is 2.30. The number of unbranched alkanes of at least 4 members (excludes halogenated alkanes) is 1. The van der Waals surface area contributed by atoms with Crippen LogP contribution in [0.5, 0.6) is 0 Å². The summed E-state index contributed by atoms with van der Waals surface area (Å²) >= 11 is 5.56. The Morgan fingerprint density at radius 2 is 1.86 bits per heavy atom. The monoisotopic (exact) mass is 425 g/mol. The van der Waals surface area contributed by atoms with Crippen LogP contribution >= 0.6 is 12.2 Å². The minimum atomic E-state index is -3.46. The van der Waals surface area contributed by atoms with Crippen LogP contribution in [0.25, 0.3) is 0 Å². The maximum absolute atomic E-state index is 13.0. The first kappa shape index (κ1) is 23.1. The Kier molecular flexibility index (Phi) is 8.71. The normalized spacial score (nSPS) is 16.8. The van der Waals surface area contributed by atoms with Gasteiger partial charge in [0.2, 0.25) is 10.0 Å². The van der Waals surface area contributed by atoms with Crippen molar-refractivity contribution in [3.8, 4) is 0 Å². The lowest BCUT2D eigenvalue weighted by Gasteiger charge is -2.36. The molecular weight excluding hydrogens is 390 g/mol. The average molecular weight is 426 g/mol. The maximum Gasteiger partial charge on any atom is 0.243 e. The molecule has 1 heterocycles. The van der Waals surface area contributed by atoms with Crippen molar-refractivity contribution < 1.29 is 8.42 Å². The molecule has 28 heavy (non-hydrogen) atoms. The van der Waals surface area contributed by atoms with Crippen LogP contribution in [0.2, 0.25) is 0 Å². The molecule has 0 spiro atoms. The molecule has 0 bridgehead atoms. The van der Waals surface area contributed by atoms with Gasteiger partial charge >= 0.3 is 0 Å². The highest BCUT2D eigenvalue weighted by atomic mass is 32.2. The summed E-state index contributed by atoms with van der Waals surface area (Å²) in [5, 5.41) is 4.15. The van der Waals surface area contributed by atoms with Gasteiger partial charge in [0.05, 0.1) is 4.90 Å². The Labute approximate surface area is 176 Å². The largest absolute Gasteiger partial charge is 0.362 e. The Hall–Kier alpha value is -1.18. The molecule has 0 aliphatic carbocycles. The van der Waals surface area contributed by atoms with Gasteiger partial charge in [0.25, 0.3) is 0 Å². The number of hydrogen-bond acceptors (Lipinski definition) is 3. The third kappa shape index (κ3) is 5.91. The number of piperazine rings is 1. The van der Waals surface area contributed by atoms with Crippen molar-refractivity contribution in [2.45, 2.75) is 58.3 Å². The van der Waals surface area contributed by atoms with Gasteiger partial charge in [0, 0.05) is 32.7 Å². The van der Waals surface area contributed by atoms with Crippen molar-refractivity contribution in [1.82, 2.24) is 14.5 Å². The minimum absolute atomic E-state index is 0.411. The summed E-state index contributed by atoms with van der Waals surface area (Å²) < 4.78 is 27.6. The fourth-order valence-corrected chi connectivity index (χ4v) is 5.54. The number of hydrogen-bond donors (Lipinski definition) is 1. The molecule has 1 aliphatic rings. The van der Waals surface area contributed by atoms with Crippen LogP contribution in [-0.2, 0) is 10.0 Å². The van der Waals surface area contributed by atoms with E-state index in [0.29, 0.717) is 37.0 Å². The van der Waals surface area contributed by atoms with Crippen molar-refractivity contribution >= 4 is 27.4 Å². The third-order valence-corrected chi connectivity index (χ3v) is 8.02. The molecule has 2 rings (SSSR count). The number of rotatable bonds is 8. The smallest absolute Gasteiger partial charge is 0.243 e. The first-order valence-corrected chi connectivity index (χ1v) is 12.2. The van der Waals surface area contributed by atoms with E-state index in [2.05, 4.69) is 24.1 Å². The van der Waals surface area contributed by atoms with Crippen molar-refractivity contribution in [1.29, 1.82) is 0 Å². The van der Waals surface area contributed by atoms with Gasteiger partial charge in [-0.1, -0.05) is 50.8 Å².